The van der Waals surface area contributed by atoms with Crippen molar-refractivity contribution >= 4 is 84.9 Å². The predicted octanol–water partition coefficient (Wildman–Crippen LogP) is 21.6. The van der Waals surface area contributed by atoms with Crippen LogP contribution < -0.4 is 20.2 Å². The standard InChI is InChI=1S/C81H80N2Si2/c1-53-17-15-19-61(45-53)82(59-29-35-65(36-30-59)84(9,10)11)63-33-43-71-69-41-27-57(49-75(69)80(5,6)77(71)51-63)23-21-55-25-39-67-68-40-26-56(48-74(68)79(3,4)73(67)47-55)22-24-58-28-42-70-72-44-34-64(52-78(72)81(7,8)76(70)50-58)83(62-20-16-18-54(2)46-62)60-31-37-66(38-32-60)85(12,13)14/h15-52H,1-14H3. The van der Waals surface area contributed by atoms with Crippen LogP contribution in [0.4, 0.5) is 34.1 Å². The van der Waals surface area contributed by atoms with Gasteiger partial charge in [-0.3, -0.25) is 0 Å². The number of hydrogen-bond acceptors (Lipinski definition) is 2. The van der Waals surface area contributed by atoms with E-state index in [1.807, 2.05) is 0 Å². The molecule has 13 rings (SSSR count). The fourth-order valence-electron chi connectivity index (χ4n) is 14.0. The molecular formula is C81H80N2Si2. The van der Waals surface area contributed by atoms with E-state index in [9.17, 15) is 0 Å². The van der Waals surface area contributed by atoms with Crippen molar-refractivity contribution in [2.24, 2.45) is 0 Å². The van der Waals surface area contributed by atoms with Crippen LogP contribution in [-0.2, 0) is 16.2 Å². The maximum absolute atomic E-state index is 2.45. The van der Waals surface area contributed by atoms with E-state index in [1.165, 1.54) is 145 Å². The largest absolute Gasteiger partial charge is 0.310 e. The third-order valence-corrected chi connectivity index (χ3v) is 23.2. The Hall–Kier alpha value is -8.29. The molecule has 2 nitrogen and oxygen atoms in total. The first-order valence-electron chi connectivity index (χ1n) is 30.6. The van der Waals surface area contributed by atoms with E-state index >= 15 is 0 Å². The fraction of sp³-hybridized carbons (Fsp3) is 0.210. The van der Waals surface area contributed by atoms with Crippen molar-refractivity contribution in [3.8, 4) is 33.4 Å². The molecule has 0 N–H and O–H groups in total. The molecule has 0 saturated carbocycles. The van der Waals surface area contributed by atoms with Gasteiger partial charge in [-0.25, -0.2) is 0 Å². The third-order valence-electron chi connectivity index (χ3n) is 19.0. The quantitative estimate of drug-likeness (QED) is 0.0889. The maximum atomic E-state index is 2.45. The summed E-state index contributed by atoms with van der Waals surface area (Å²) in [5.41, 5.74) is 30.2. The number of anilines is 6. The van der Waals surface area contributed by atoms with Crippen molar-refractivity contribution < 1.29 is 0 Å². The summed E-state index contributed by atoms with van der Waals surface area (Å²) in [5.74, 6) is 0. The minimum absolute atomic E-state index is 0.151. The Morgan fingerprint density at radius 1 is 0.271 bits per heavy atom. The zero-order valence-corrected chi connectivity index (χ0v) is 54.3. The van der Waals surface area contributed by atoms with Gasteiger partial charge < -0.3 is 9.80 Å². The number of benzene rings is 10. The number of hydrogen-bond donors (Lipinski definition) is 0. The number of fused-ring (bicyclic) bond motifs is 9. The lowest BCUT2D eigenvalue weighted by Crippen LogP contribution is -2.37. The molecule has 3 aliphatic rings. The average Bonchev–Trinajstić information content (AvgIpc) is 1.69. The number of rotatable bonds is 12. The first kappa shape index (κ1) is 55.9. The Morgan fingerprint density at radius 2 is 0.518 bits per heavy atom. The maximum Gasteiger partial charge on any atom is 0.0775 e. The molecule has 10 aromatic carbocycles. The molecule has 0 saturated heterocycles. The van der Waals surface area contributed by atoms with Gasteiger partial charge in [-0.15, -0.1) is 0 Å². The van der Waals surface area contributed by atoms with Crippen molar-refractivity contribution in [2.45, 2.75) is 111 Å². The summed E-state index contributed by atoms with van der Waals surface area (Å²) >= 11 is 0. The van der Waals surface area contributed by atoms with E-state index in [0.29, 0.717) is 0 Å². The second-order valence-electron chi connectivity index (χ2n) is 28.2. The Bertz CT molecular complexity index is 4080. The third kappa shape index (κ3) is 9.91. The SMILES string of the molecule is Cc1cccc(N(c2ccc([Si](C)(C)C)cc2)c2ccc3c(c2)C(C)(C)c2cc(C=Cc4ccc5c(c4)C(C)(C)c4cc(C=Cc6ccc7c(c6)C(C)(C)c6cc(N(c8ccc([Si](C)(C)C)cc8)c8cccc(C)c8)ccc6-7)ccc4-5)ccc2-3)c1. The zero-order chi connectivity index (χ0) is 59.5. The van der Waals surface area contributed by atoms with Crippen LogP contribution in [-0.4, -0.2) is 16.1 Å². The van der Waals surface area contributed by atoms with Crippen molar-refractivity contribution in [2.75, 3.05) is 9.80 Å². The lowest BCUT2D eigenvalue weighted by Gasteiger charge is -2.29. The summed E-state index contributed by atoms with van der Waals surface area (Å²) in [5, 5.41) is 2.94. The van der Waals surface area contributed by atoms with Gasteiger partial charge in [0.1, 0.15) is 0 Å². The van der Waals surface area contributed by atoms with Crippen molar-refractivity contribution in [3.63, 3.8) is 0 Å². The van der Waals surface area contributed by atoms with Gasteiger partial charge in [-0.2, -0.15) is 0 Å². The minimum atomic E-state index is -1.45. The van der Waals surface area contributed by atoms with Crippen LogP contribution in [0.5, 0.6) is 0 Å². The molecule has 4 heteroatoms. The highest BCUT2D eigenvalue weighted by atomic mass is 28.3. The summed E-state index contributed by atoms with van der Waals surface area (Å²) in [7, 11) is -2.89. The minimum Gasteiger partial charge on any atom is -0.310 e. The molecule has 0 atom stereocenters. The first-order chi connectivity index (χ1) is 40.4. The molecule has 0 aliphatic heterocycles. The average molecular weight is 1140 g/mol. The second kappa shape index (κ2) is 20.5. The van der Waals surface area contributed by atoms with Crippen LogP contribution in [0.3, 0.4) is 0 Å². The zero-order valence-electron chi connectivity index (χ0n) is 52.3. The van der Waals surface area contributed by atoms with Gasteiger partial charge in [0, 0.05) is 50.4 Å². The highest BCUT2D eigenvalue weighted by Crippen LogP contribution is 2.54. The molecule has 0 radical (unpaired) electrons. The Balaban J connectivity index is 0.727. The molecular weight excluding hydrogens is 1060 g/mol. The molecule has 0 unspecified atom stereocenters. The second-order valence-corrected chi connectivity index (χ2v) is 38.3. The monoisotopic (exact) mass is 1140 g/mol. The molecule has 0 amide bonds. The van der Waals surface area contributed by atoms with Crippen LogP contribution in [0.25, 0.3) is 57.7 Å². The summed E-state index contributed by atoms with van der Waals surface area (Å²) < 4.78 is 0. The van der Waals surface area contributed by atoms with Crippen molar-refractivity contribution in [3.05, 3.63) is 273 Å². The first-order valence-corrected chi connectivity index (χ1v) is 37.6. The molecule has 422 valence electrons. The predicted molar refractivity (Wildman–Crippen MR) is 375 cm³/mol. The molecule has 10 aromatic rings. The highest BCUT2D eigenvalue weighted by Gasteiger charge is 2.39. The van der Waals surface area contributed by atoms with Crippen molar-refractivity contribution in [1.29, 1.82) is 0 Å². The Morgan fingerprint density at radius 3 is 0.788 bits per heavy atom. The Labute approximate surface area is 508 Å². The number of aryl methyl sites for hydroxylation is 2. The van der Waals surface area contributed by atoms with Gasteiger partial charge >= 0.3 is 0 Å². The molecule has 0 fully saturated rings. The molecule has 85 heavy (non-hydrogen) atoms. The summed E-state index contributed by atoms with van der Waals surface area (Å²) in [6.07, 6.45) is 9.22. The van der Waals surface area contributed by atoms with Crippen LogP contribution in [0, 0.1) is 13.8 Å². The molecule has 0 aromatic heterocycles. The topological polar surface area (TPSA) is 6.48 Å². The smallest absolute Gasteiger partial charge is 0.0775 e. The molecule has 0 spiro atoms. The van der Waals surface area contributed by atoms with E-state index < -0.39 is 16.1 Å². The summed E-state index contributed by atoms with van der Waals surface area (Å²) in [6, 6.07) is 78.9. The van der Waals surface area contributed by atoms with Crippen LogP contribution in [0.1, 0.15) is 108 Å². The van der Waals surface area contributed by atoms with Gasteiger partial charge in [0.25, 0.3) is 0 Å². The van der Waals surface area contributed by atoms with Crippen LogP contribution in [0.15, 0.2) is 206 Å². The van der Waals surface area contributed by atoms with Crippen LogP contribution >= 0.6 is 0 Å². The highest BCUT2D eigenvalue weighted by molar-refractivity contribution is 6.89. The summed E-state index contributed by atoms with van der Waals surface area (Å²) in [6.45, 7) is 33.2. The van der Waals surface area contributed by atoms with Gasteiger partial charge in [-0.05, 0) is 187 Å². The van der Waals surface area contributed by atoms with E-state index in [4.69, 9.17) is 0 Å². The van der Waals surface area contributed by atoms with Crippen molar-refractivity contribution in [1.82, 2.24) is 0 Å². The van der Waals surface area contributed by atoms with E-state index in [1.54, 1.807) is 0 Å². The van der Waals surface area contributed by atoms with E-state index in [-0.39, 0.29) is 16.2 Å². The van der Waals surface area contributed by atoms with Gasteiger partial charge in [0.05, 0.1) is 16.1 Å². The van der Waals surface area contributed by atoms with E-state index in [2.05, 4.69) is 335 Å². The lowest BCUT2D eigenvalue weighted by molar-refractivity contribution is 0.660. The number of nitrogens with zero attached hydrogens (tertiary/aromatic N) is 2. The van der Waals surface area contributed by atoms with E-state index in [0.717, 1.165) is 0 Å². The van der Waals surface area contributed by atoms with Gasteiger partial charge in [0.15, 0.2) is 0 Å². The van der Waals surface area contributed by atoms with Gasteiger partial charge in [-0.1, -0.05) is 249 Å². The Kier molecular flexibility index (Phi) is 13.5. The summed E-state index contributed by atoms with van der Waals surface area (Å²) in [4.78, 5) is 4.86. The fourth-order valence-corrected chi connectivity index (χ4v) is 16.3. The van der Waals surface area contributed by atoms with Gasteiger partial charge in [0.2, 0.25) is 0 Å². The lowest BCUT2D eigenvalue weighted by atomic mass is 9.81. The normalized spacial score (nSPS) is 14.9. The van der Waals surface area contributed by atoms with Crippen LogP contribution in [0.2, 0.25) is 39.3 Å². The molecule has 3 aliphatic carbocycles. The molecule has 0 heterocycles. The molecule has 0 bridgehead atoms.